The highest BCUT2D eigenvalue weighted by Gasteiger charge is 2.42. The summed E-state index contributed by atoms with van der Waals surface area (Å²) in [6.07, 6.45) is 5.74. The summed E-state index contributed by atoms with van der Waals surface area (Å²) in [5.74, 6) is 0. The fourth-order valence-electron chi connectivity index (χ4n) is 3.46. The zero-order valence-corrected chi connectivity index (χ0v) is 14.0. The van der Waals surface area contributed by atoms with Crippen molar-refractivity contribution in [2.45, 2.75) is 38.3 Å². The molecule has 1 aromatic heterocycles. The van der Waals surface area contributed by atoms with E-state index in [1.165, 1.54) is 0 Å². The minimum absolute atomic E-state index is 0.0150. The Bertz CT molecular complexity index is 533. The lowest BCUT2D eigenvalue weighted by molar-refractivity contribution is -0.103. The number of piperidine rings is 1. The van der Waals surface area contributed by atoms with Gasteiger partial charge in [0.2, 0.25) is 0 Å². The van der Waals surface area contributed by atoms with Crippen LogP contribution < -0.4 is 10.2 Å². The van der Waals surface area contributed by atoms with E-state index in [2.05, 4.69) is 21.3 Å². The van der Waals surface area contributed by atoms with E-state index in [0.717, 1.165) is 31.6 Å². The van der Waals surface area contributed by atoms with Crippen LogP contribution >= 0.6 is 0 Å². The van der Waals surface area contributed by atoms with E-state index in [4.69, 9.17) is 4.74 Å². The highest BCUT2D eigenvalue weighted by molar-refractivity contribution is 5.74. The molecule has 1 atom stereocenters. The minimum atomic E-state index is -0.263. The van der Waals surface area contributed by atoms with Gasteiger partial charge >= 0.3 is 6.03 Å². The summed E-state index contributed by atoms with van der Waals surface area (Å²) in [5, 5.41) is 2.99. The molecule has 0 radical (unpaired) electrons. The van der Waals surface area contributed by atoms with Crippen LogP contribution in [-0.2, 0) is 4.74 Å². The number of aromatic nitrogens is 1. The van der Waals surface area contributed by atoms with Crippen molar-refractivity contribution >= 4 is 11.7 Å². The largest absolute Gasteiger partial charge is 0.369 e. The van der Waals surface area contributed by atoms with Gasteiger partial charge < -0.3 is 19.9 Å². The van der Waals surface area contributed by atoms with Crippen LogP contribution in [0.3, 0.4) is 0 Å². The molecule has 2 fully saturated rings. The second-order valence-corrected chi connectivity index (χ2v) is 6.79. The molecule has 6 nitrogen and oxygen atoms in total. The number of amides is 2. The molecule has 0 saturated carbocycles. The monoisotopic (exact) mass is 318 g/mol. The Morgan fingerprint density at radius 2 is 2.26 bits per heavy atom. The standard InChI is InChI=1S/C17H26N4O2/c1-14(2)19-16(22)21-9-10-23-17(13-21)6-4-8-20(12-17)15-5-3-7-18-11-15/h3,5,7,11,14H,4,6,8-10,12-13H2,1-2H3,(H,19,22)/t17-/m1/s1. The third kappa shape index (κ3) is 3.75. The van der Waals surface area contributed by atoms with Gasteiger partial charge in [-0.15, -0.1) is 0 Å². The van der Waals surface area contributed by atoms with Gasteiger partial charge in [0.15, 0.2) is 0 Å². The number of nitrogens with zero attached hydrogens (tertiary/aromatic N) is 3. The molecule has 1 aromatic rings. The molecule has 2 aliphatic rings. The van der Waals surface area contributed by atoms with Gasteiger partial charge in [0.25, 0.3) is 0 Å². The van der Waals surface area contributed by atoms with E-state index < -0.39 is 0 Å². The predicted octanol–water partition coefficient (Wildman–Crippen LogP) is 1.87. The highest BCUT2D eigenvalue weighted by Crippen LogP contribution is 2.31. The Morgan fingerprint density at radius 3 is 3.00 bits per heavy atom. The molecule has 2 aliphatic heterocycles. The number of hydrogen-bond acceptors (Lipinski definition) is 4. The van der Waals surface area contributed by atoms with Crippen LogP contribution in [0.5, 0.6) is 0 Å². The van der Waals surface area contributed by atoms with Gasteiger partial charge in [0.05, 0.1) is 25.0 Å². The third-order valence-corrected chi connectivity index (χ3v) is 4.50. The lowest BCUT2D eigenvalue weighted by Gasteiger charge is -2.48. The second kappa shape index (κ2) is 6.74. The molecule has 0 aliphatic carbocycles. The number of anilines is 1. The molecule has 2 saturated heterocycles. The Kier molecular flexibility index (Phi) is 4.71. The summed E-state index contributed by atoms with van der Waals surface area (Å²) in [6.45, 7) is 7.71. The fourth-order valence-corrected chi connectivity index (χ4v) is 3.46. The number of hydrogen-bond donors (Lipinski definition) is 1. The number of carbonyl (C=O) groups excluding carboxylic acids is 1. The Balaban J connectivity index is 1.69. The average Bonchev–Trinajstić information content (AvgIpc) is 2.55. The van der Waals surface area contributed by atoms with Crippen LogP contribution in [-0.4, -0.2) is 60.3 Å². The van der Waals surface area contributed by atoms with Crippen molar-refractivity contribution in [3.63, 3.8) is 0 Å². The van der Waals surface area contributed by atoms with E-state index >= 15 is 0 Å². The molecule has 126 valence electrons. The van der Waals surface area contributed by atoms with Crippen LogP contribution in [0.1, 0.15) is 26.7 Å². The maximum atomic E-state index is 12.3. The van der Waals surface area contributed by atoms with E-state index in [-0.39, 0.29) is 17.7 Å². The number of carbonyl (C=O) groups is 1. The molecule has 0 bridgehead atoms. The summed E-state index contributed by atoms with van der Waals surface area (Å²) in [7, 11) is 0. The lowest BCUT2D eigenvalue weighted by Crippen LogP contribution is -2.62. The van der Waals surface area contributed by atoms with Crippen molar-refractivity contribution in [3.05, 3.63) is 24.5 Å². The SMILES string of the molecule is CC(C)NC(=O)N1CCO[C@@]2(CCCN(c3cccnc3)C2)C1. The minimum Gasteiger partial charge on any atom is -0.369 e. The second-order valence-electron chi connectivity index (χ2n) is 6.79. The zero-order chi connectivity index (χ0) is 16.3. The van der Waals surface area contributed by atoms with Gasteiger partial charge in [-0.05, 0) is 38.8 Å². The van der Waals surface area contributed by atoms with Crippen molar-refractivity contribution in [1.29, 1.82) is 0 Å². The maximum absolute atomic E-state index is 12.3. The topological polar surface area (TPSA) is 57.7 Å². The van der Waals surface area contributed by atoms with E-state index in [0.29, 0.717) is 19.7 Å². The number of nitrogens with one attached hydrogen (secondary N) is 1. The first kappa shape index (κ1) is 16.1. The molecule has 2 amide bonds. The van der Waals surface area contributed by atoms with Crippen LogP contribution in [0.2, 0.25) is 0 Å². The maximum Gasteiger partial charge on any atom is 0.317 e. The number of ether oxygens (including phenoxy) is 1. The van der Waals surface area contributed by atoms with Gasteiger partial charge in [-0.3, -0.25) is 4.98 Å². The third-order valence-electron chi connectivity index (χ3n) is 4.50. The van der Waals surface area contributed by atoms with E-state index in [1.807, 2.05) is 31.0 Å². The first-order valence-corrected chi connectivity index (χ1v) is 8.42. The summed E-state index contributed by atoms with van der Waals surface area (Å²) in [4.78, 5) is 20.8. The molecule has 1 spiro atoms. The smallest absolute Gasteiger partial charge is 0.317 e. The van der Waals surface area contributed by atoms with E-state index in [9.17, 15) is 4.79 Å². The number of morpholine rings is 1. The molecule has 0 unspecified atom stereocenters. The van der Waals surface area contributed by atoms with Gasteiger partial charge in [-0.2, -0.15) is 0 Å². The Labute approximate surface area is 137 Å². The molecule has 6 heteroatoms. The van der Waals surface area contributed by atoms with Gasteiger partial charge in [0.1, 0.15) is 5.60 Å². The molecule has 0 aromatic carbocycles. The molecule has 3 heterocycles. The molecule has 1 N–H and O–H groups in total. The van der Waals surface area contributed by atoms with Gasteiger partial charge in [0, 0.05) is 31.9 Å². The van der Waals surface area contributed by atoms with Crippen LogP contribution in [0, 0.1) is 0 Å². The predicted molar refractivity (Wildman–Crippen MR) is 89.6 cm³/mol. The van der Waals surface area contributed by atoms with Crippen molar-refractivity contribution < 1.29 is 9.53 Å². The first-order chi connectivity index (χ1) is 11.1. The van der Waals surface area contributed by atoms with Gasteiger partial charge in [-0.25, -0.2) is 4.79 Å². The Hall–Kier alpha value is -1.82. The Morgan fingerprint density at radius 1 is 1.39 bits per heavy atom. The number of pyridine rings is 1. The molecule has 3 rings (SSSR count). The number of rotatable bonds is 2. The first-order valence-electron chi connectivity index (χ1n) is 8.42. The van der Waals surface area contributed by atoms with Gasteiger partial charge in [-0.1, -0.05) is 0 Å². The molecular weight excluding hydrogens is 292 g/mol. The van der Waals surface area contributed by atoms with Crippen LogP contribution in [0.15, 0.2) is 24.5 Å². The van der Waals surface area contributed by atoms with Crippen molar-refractivity contribution in [2.75, 3.05) is 37.7 Å². The van der Waals surface area contributed by atoms with Crippen molar-refractivity contribution in [3.8, 4) is 0 Å². The summed E-state index contributed by atoms with van der Waals surface area (Å²) < 4.78 is 6.16. The summed E-state index contributed by atoms with van der Waals surface area (Å²) in [6, 6.07) is 4.21. The van der Waals surface area contributed by atoms with Crippen molar-refractivity contribution in [2.24, 2.45) is 0 Å². The number of urea groups is 1. The fraction of sp³-hybridized carbons (Fsp3) is 0.647. The summed E-state index contributed by atoms with van der Waals surface area (Å²) in [5.41, 5.74) is 0.861. The summed E-state index contributed by atoms with van der Waals surface area (Å²) >= 11 is 0. The van der Waals surface area contributed by atoms with Crippen LogP contribution in [0.4, 0.5) is 10.5 Å². The van der Waals surface area contributed by atoms with Crippen LogP contribution in [0.25, 0.3) is 0 Å². The lowest BCUT2D eigenvalue weighted by atomic mass is 9.90. The molecular formula is C17H26N4O2. The van der Waals surface area contributed by atoms with E-state index in [1.54, 1.807) is 6.20 Å². The highest BCUT2D eigenvalue weighted by atomic mass is 16.5. The quantitative estimate of drug-likeness (QED) is 0.904. The molecule has 23 heavy (non-hydrogen) atoms. The normalized spacial score (nSPS) is 25.0. The van der Waals surface area contributed by atoms with Crippen molar-refractivity contribution in [1.82, 2.24) is 15.2 Å². The average molecular weight is 318 g/mol. The zero-order valence-electron chi connectivity index (χ0n) is 14.0.